The molecular formula is C9H9Cl3N4O. The standard InChI is InChI=1S/C9H9Cl3N4O/c10-6-1-7(16-8(15-6)14-4-17)13-3-5-2-9(5,11)12/h1,4-5H,2-3H2,(H2,13,14,15,16,17). The molecule has 5 nitrogen and oxygen atoms in total. The number of nitrogens with zero attached hydrogens (tertiary/aromatic N) is 2. The van der Waals surface area contributed by atoms with Gasteiger partial charge in [0.25, 0.3) is 0 Å². The van der Waals surface area contributed by atoms with Crippen LogP contribution in [0.3, 0.4) is 0 Å². The number of hydrogen-bond donors (Lipinski definition) is 2. The highest BCUT2D eigenvalue weighted by atomic mass is 35.5. The van der Waals surface area contributed by atoms with Gasteiger partial charge in [0.2, 0.25) is 12.4 Å². The Morgan fingerprint density at radius 2 is 2.24 bits per heavy atom. The summed E-state index contributed by atoms with van der Waals surface area (Å²) in [5.41, 5.74) is 0. The van der Waals surface area contributed by atoms with Gasteiger partial charge in [0, 0.05) is 18.5 Å². The first kappa shape index (κ1) is 12.7. The molecule has 1 aliphatic carbocycles. The summed E-state index contributed by atoms with van der Waals surface area (Å²) in [6, 6.07) is 1.56. The number of aromatic nitrogens is 2. The van der Waals surface area contributed by atoms with E-state index < -0.39 is 4.33 Å². The van der Waals surface area contributed by atoms with E-state index >= 15 is 0 Å². The van der Waals surface area contributed by atoms with Crippen molar-refractivity contribution in [3.63, 3.8) is 0 Å². The van der Waals surface area contributed by atoms with E-state index in [-0.39, 0.29) is 17.0 Å². The highest BCUT2D eigenvalue weighted by Gasteiger charge is 2.51. The van der Waals surface area contributed by atoms with Crippen molar-refractivity contribution in [1.29, 1.82) is 0 Å². The summed E-state index contributed by atoms with van der Waals surface area (Å²) in [6.45, 7) is 0.598. The van der Waals surface area contributed by atoms with Gasteiger partial charge in [0.05, 0.1) is 0 Å². The summed E-state index contributed by atoms with van der Waals surface area (Å²) in [5.74, 6) is 0.862. The van der Waals surface area contributed by atoms with Gasteiger partial charge < -0.3 is 5.32 Å². The molecule has 0 aromatic carbocycles. The lowest BCUT2D eigenvalue weighted by Crippen LogP contribution is -2.10. The van der Waals surface area contributed by atoms with E-state index in [9.17, 15) is 4.79 Å². The highest BCUT2D eigenvalue weighted by Crippen LogP contribution is 2.52. The Bertz CT molecular complexity index is 440. The fourth-order valence-corrected chi connectivity index (χ4v) is 2.05. The van der Waals surface area contributed by atoms with Crippen LogP contribution in [0, 0.1) is 5.92 Å². The largest absolute Gasteiger partial charge is 0.369 e. The van der Waals surface area contributed by atoms with Crippen LogP contribution in [0.1, 0.15) is 6.42 Å². The number of carbonyl (C=O) groups is 1. The van der Waals surface area contributed by atoms with Gasteiger partial charge in [-0.25, -0.2) is 4.98 Å². The molecule has 1 aromatic heterocycles. The normalized spacial score (nSPS) is 20.8. The molecule has 1 heterocycles. The first-order chi connectivity index (χ1) is 8.01. The lowest BCUT2D eigenvalue weighted by Gasteiger charge is -2.07. The number of alkyl halides is 2. The maximum Gasteiger partial charge on any atom is 0.232 e. The zero-order valence-corrected chi connectivity index (χ0v) is 10.9. The Balaban J connectivity index is 1.98. The average Bonchev–Trinajstić information content (AvgIpc) is 2.83. The second kappa shape index (κ2) is 4.84. The van der Waals surface area contributed by atoms with Crippen molar-refractivity contribution in [2.24, 2.45) is 5.92 Å². The molecule has 0 saturated heterocycles. The predicted octanol–water partition coefficient (Wildman–Crippen LogP) is 2.30. The smallest absolute Gasteiger partial charge is 0.232 e. The van der Waals surface area contributed by atoms with Gasteiger partial charge in [-0.3, -0.25) is 10.1 Å². The first-order valence-corrected chi connectivity index (χ1v) is 6.01. The third-order valence-corrected chi connectivity index (χ3v) is 3.49. The van der Waals surface area contributed by atoms with Crippen LogP contribution in [0.25, 0.3) is 0 Å². The average molecular weight is 296 g/mol. The molecule has 2 N–H and O–H groups in total. The zero-order valence-electron chi connectivity index (χ0n) is 8.58. The molecule has 1 unspecified atom stereocenters. The molecule has 1 atom stereocenters. The van der Waals surface area contributed by atoms with Crippen molar-refractivity contribution in [2.45, 2.75) is 10.8 Å². The highest BCUT2D eigenvalue weighted by molar-refractivity contribution is 6.50. The quantitative estimate of drug-likeness (QED) is 0.497. The van der Waals surface area contributed by atoms with E-state index in [4.69, 9.17) is 34.8 Å². The van der Waals surface area contributed by atoms with Crippen molar-refractivity contribution < 1.29 is 4.79 Å². The number of nitrogens with one attached hydrogen (secondary N) is 2. The van der Waals surface area contributed by atoms with Gasteiger partial charge in [-0.05, 0) is 6.42 Å². The predicted molar refractivity (Wildman–Crippen MR) is 67.8 cm³/mol. The van der Waals surface area contributed by atoms with Gasteiger partial charge in [0.1, 0.15) is 15.3 Å². The molecule has 8 heteroatoms. The van der Waals surface area contributed by atoms with Crippen molar-refractivity contribution in [3.05, 3.63) is 11.2 Å². The Morgan fingerprint density at radius 3 is 2.82 bits per heavy atom. The summed E-state index contributed by atoms with van der Waals surface area (Å²) >= 11 is 17.6. The first-order valence-electron chi connectivity index (χ1n) is 4.88. The Kier molecular flexibility index (Phi) is 3.61. The molecule has 1 amide bonds. The molecule has 0 spiro atoms. The number of anilines is 2. The Hall–Kier alpha value is -0.780. The van der Waals surface area contributed by atoms with Crippen LogP contribution >= 0.6 is 34.8 Å². The maximum absolute atomic E-state index is 10.3. The van der Waals surface area contributed by atoms with Crippen LogP contribution in [-0.4, -0.2) is 27.3 Å². The summed E-state index contributed by atoms with van der Waals surface area (Å²) in [5, 5.41) is 5.61. The monoisotopic (exact) mass is 294 g/mol. The SMILES string of the molecule is O=CNc1nc(Cl)cc(NCC2CC2(Cl)Cl)n1. The van der Waals surface area contributed by atoms with Gasteiger partial charge in [-0.15, -0.1) is 23.2 Å². The number of hydrogen-bond acceptors (Lipinski definition) is 4. The molecule has 17 heavy (non-hydrogen) atoms. The number of amides is 1. The molecule has 92 valence electrons. The summed E-state index contributed by atoms with van der Waals surface area (Å²) < 4.78 is -0.631. The lowest BCUT2D eigenvalue weighted by atomic mass is 10.4. The van der Waals surface area contributed by atoms with E-state index in [0.29, 0.717) is 18.8 Å². The van der Waals surface area contributed by atoms with Crippen molar-refractivity contribution in [2.75, 3.05) is 17.2 Å². The second-order valence-corrected chi connectivity index (χ2v) is 5.63. The second-order valence-electron chi connectivity index (χ2n) is 3.70. The number of carbonyl (C=O) groups excluding carboxylic acids is 1. The van der Waals surface area contributed by atoms with E-state index in [1.165, 1.54) is 0 Å². The lowest BCUT2D eigenvalue weighted by molar-refractivity contribution is -0.105. The van der Waals surface area contributed by atoms with E-state index in [0.717, 1.165) is 6.42 Å². The molecule has 1 aliphatic rings. The van der Waals surface area contributed by atoms with Crippen LogP contribution < -0.4 is 10.6 Å². The molecule has 1 fully saturated rings. The van der Waals surface area contributed by atoms with Crippen LogP contribution in [0.2, 0.25) is 5.15 Å². The number of rotatable bonds is 5. The van der Waals surface area contributed by atoms with Gasteiger partial charge in [0.15, 0.2) is 0 Å². The van der Waals surface area contributed by atoms with Crippen LogP contribution in [0.15, 0.2) is 6.07 Å². The van der Waals surface area contributed by atoms with Crippen LogP contribution in [0.4, 0.5) is 11.8 Å². The molecule has 2 rings (SSSR count). The summed E-state index contributed by atoms with van der Waals surface area (Å²) in [6.07, 6.45) is 1.24. The molecule has 0 aliphatic heterocycles. The van der Waals surface area contributed by atoms with E-state index in [1.807, 2.05) is 0 Å². The van der Waals surface area contributed by atoms with E-state index in [2.05, 4.69) is 20.6 Å². The fourth-order valence-electron chi connectivity index (χ4n) is 1.34. The fraction of sp³-hybridized carbons (Fsp3) is 0.444. The third-order valence-electron chi connectivity index (χ3n) is 2.37. The van der Waals surface area contributed by atoms with Crippen molar-refractivity contribution in [1.82, 2.24) is 9.97 Å². The Labute approximate surface area is 113 Å². The molecule has 1 saturated carbocycles. The minimum atomic E-state index is -0.631. The molecule has 0 radical (unpaired) electrons. The van der Waals surface area contributed by atoms with Crippen LogP contribution in [0.5, 0.6) is 0 Å². The zero-order chi connectivity index (χ0) is 12.5. The van der Waals surface area contributed by atoms with Crippen molar-refractivity contribution in [3.8, 4) is 0 Å². The summed E-state index contributed by atoms with van der Waals surface area (Å²) in [4.78, 5) is 18.1. The topological polar surface area (TPSA) is 66.9 Å². The Morgan fingerprint density at radius 1 is 1.53 bits per heavy atom. The number of halogens is 3. The van der Waals surface area contributed by atoms with Gasteiger partial charge >= 0.3 is 0 Å². The third kappa shape index (κ3) is 3.34. The van der Waals surface area contributed by atoms with Crippen LogP contribution in [-0.2, 0) is 4.79 Å². The van der Waals surface area contributed by atoms with Crippen molar-refractivity contribution >= 4 is 53.0 Å². The van der Waals surface area contributed by atoms with Gasteiger partial charge in [-0.1, -0.05) is 11.6 Å². The minimum absolute atomic E-state index is 0.147. The molecule has 1 aromatic rings. The maximum atomic E-state index is 10.3. The van der Waals surface area contributed by atoms with E-state index in [1.54, 1.807) is 6.07 Å². The molecule has 0 bridgehead atoms. The van der Waals surface area contributed by atoms with Gasteiger partial charge in [-0.2, -0.15) is 4.98 Å². The summed E-state index contributed by atoms with van der Waals surface area (Å²) in [7, 11) is 0. The molecular weight excluding hydrogens is 286 g/mol. The minimum Gasteiger partial charge on any atom is -0.369 e.